The zero-order valence-corrected chi connectivity index (χ0v) is 17.5. The summed E-state index contributed by atoms with van der Waals surface area (Å²) in [7, 11) is 1.72. The van der Waals surface area contributed by atoms with Crippen LogP contribution in [0.25, 0.3) is 0 Å². The Hall–Kier alpha value is -1.13. The van der Waals surface area contributed by atoms with E-state index >= 15 is 0 Å². The van der Waals surface area contributed by atoms with Crippen LogP contribution in [0.4, 0.5) is 5.82 Å². The SMILES string of the molecule is CCNC(=NCc1cccnc1N1CCOCC1)NCCCOC.I. The number of morpholine rings is 1. The van der Waals surface area contributed by atoms with Gasteiger partial charge < -0.3 is 25.0 Å². The van der Waals surface area contributed by atoms with Gasteiger partial charge in [-0.25, -0.2) is 9.98 Å². The fourth-order valence-corrected chi connectivity index (χ4v) is 2.54. The molecule has 0 aromatic carbocycles. The topological polar surface area (TPSA) is 71.0 Å². The average Bonchev–Trinajstić information content (AvgIpc) is 2.64. The number of ether oxygens (including phenoxy) is 2. The number of nitrogens with one attached hydrogen (secondary N) is 2. The predicted molar refractivity (Wildman–Crippen MR) is 112 cm³/mol. The van der Waals surface area contributed by atoms with Crippen LogP contribution in [-0.4, -0.2) is 64.1 Å². The molecule has 1 saturated heterocycles. The van der Waals surface area contributed by atoms with Gasteiger partial charge in [0.2, 0.25) is 0 Å². The number of methoxy groups -OCH3 is 1. The Kier molecular flexibility index (Phi) is 11.5. The minimum absolute atomic E-state index is 0. The number of aliphatic imine (C=N–C) groups is 1. The Morgan fingerprint density at radius 2 is 2.16 bits per heavy atom. The maximum Gasteiger partial charge on any atom is 0.191 e. The molecule has 0 aliphatic carbocycles. The first-order chi connectivity index (χ1) is 11.8. The number of guanidine groups is 1. The van der Waals surface area contributed by atoms with Crippen LogP contribution >= 0.6 is 24.0 Å². The molecule has 8 heteroatoms. The lowest BCUT2D eigenvalue weighted by atomic mass is 10.2. The van der Waals surface area contributed by atoms with Crippen LogP contribution in [0.2, 0.25) is 0 Å². The lowest BCUT2D eigenvalue weighted by molar-refractivity contribution is 0.122. The van der Waals surface area contributed by atoms with Crippen molar-refractivity contribution in [2.24, 2.45) is 4.99 Å². The molecule has 1 fully saturated rings. The molecular formula is C17H30IN5O2. The number of aromatic nitrogens is 1. The zero-order chi connectivity index (χ0) is 17.0. The third-order valence-corrected chi connectivity index (χ3v) is 3.75. The van der Waals surface area contributed by atoms with Gasteiger partial charge in [0.05, 0.1) is 19.8 Å². The number of rotatable bonds is 8. The van der Waals surface area contributed by atoms with Crippen LogP contribution in [0.5, 0.6) is 0 Å². The molecule has 0 spiro atoms. The first kappa shape index (κ1) is 21.9. The van der Waals surface area contributed by atoms with E-state index in [0.717, 1.165) is 69.8 Å². The van der Waals surface area contributed by atoms with E-state index in [1.54, 1.807) is 7.11 Å². The molecule has 0 bridgehead atoms. The van der Waals surface area contributed by atoms with Gasteiger partial charge in [0.1, 0.15) is 5.82 Å². The summed E-state index contributed by atoms with van der Waals surface area (Å²) in [6.07, 6.45) is 2.79. The average molecular weight is 463 g/mol. The van der Waals surface area contributed by atoms with E-state index in [-0.39, 0.29) is 24.0 Å². The number of hydrogen-bond donors (Lipinski definition) is 2. The molecule has 0 radical (unpaired) electrons. The monoisotopic (exact) mass is 463 g/mol. The Morgan fingerprint density at radius 3 is 2.88 bits per heavy atom. The van der Waals surface area contributed by atoms with Crippen LogP contribution in [0.1, 0.15) is 18.9 Å². The first-order valence-corrected chi connectivity index (χ1v) is 8.63. The highest BCUT2D eigenvalue weighted by atomic mass is 127. The third-order valence-electron chi connectivity index (χ3n) is 3.75. The van der Waals surface area contributed by atoms with E-state index in [4.69, 9.17) is 14.5 Å². The maximum atomic E-state index is 5.43. The number of hydrogen-bond acceptors (Lipinski definition) is 5. The van der Waals surface area contributed by atoms with Crippen LogP contribution in [0, 0.1) is 0 Å². The maximum absolute atomic E-state index is 5.43. The Morgan fingerprint density at radius 1 is 1.36 bits per heavy atom. The van der Waals surface area contributed by atoms with Crippen molar-refractivity contribution < 1.29 is 9.47 Å². The molecule has 0 unspecified atom stereocenters. The van der Waals surface area contributed by atoms with Crippen LogP contribution in [-0.2, 0) is 16.0 Å². The summed E-state index contributed by atoms with van der Waals surface area (Å²) >= 11 is 0. The highest BCUT2D eigenvalue weighted by Gasteiger charge is 2.15. The smallest absolute Gasteiger partial charge is 0.191 e. The van der Waals surface area contributed by atoms with Gasteiger partial charge >= 0.3 is 0 Å². The van der Waals surface area contributed by atoms with E-state index in [2.05, 4.69) is 33.5 Å². The standard InChI is InChI=1S/C17H29N5O2.HI/c1-3-18-17(20-8-5-11-23-2)21-14-15-6-4-7-19-16(15)22-9-12-24-13-10-22;/h4,6-7H,3,5,8-14H2,1-2H3,(H2,18,20,21);1H. The highest BCUT2D eigenvalue weighted by Crippen LogP contribution is 2.19. The summed E-state index contributed by atoms with van der Waals surface area (Å²) in [6.45, 7) is 8.34. The Bertz CT molecular complexity index is 510. The molecule has 25 heavy (non-hydrogen) atoms. The van der Waals surface area contributed by atoms with Gasteiger partial charge in [-0.3, -0.25) is 0 Å². The Balaban J connectivity index is 0.00000312. The summed E-state index contributed by atoms with van der Waals surface area (Å²) in [5.74, 6) is 1.84. The predicted octanol–water partition coefficient (Wildman–Crippen LogP) is 1.63. The lowest BCUT2D eigenvalue weighted by Crippen LogP contribution is -2.38. The van der Waals surface area contributed by atoms with Crippen molar-refractivity contribution in [3.63, 3.8) is 0 Å². The fraction of sp³-hybridized carbons (Fsp3) is 0.647. The van der Waals surface area contributed by atoms with E-state index in [1.165, 1.54) is 0 Å². The van der Waals surface area contributed by atoms with Crippen molar-refractivity contribution in [3.8, 4) is 0 Å². The van der Waals surface area contributed by atoms with Crippen LogP contribution in [0.15, 0.2) is 23.3 Å². The van der Waals surface area contributed by atoms with Gasteiger partial charge in [-0.15, -0.1) is 24.0 Å². The van der Waals surface area contributed by atoms with E-state index in [1.807, 2.05) is 12.3 Å². The van der Waals surface area contributed by atoms with Crippen molar-refractivity contribution in [3.05, 3.63) is 23.9 Å². The molecule has 1 aliphatic rings. The molecule has 7 nitrogen and oxygen atoms in total. The summed E-state index contributed by atoms with van der Waals surface area (Å²) in [4.78, 5) is 11.5. The second-order valence-electron chi connectivity index (χ2n) is 5.55. The van der Waals surface area contributed by atoms with Crippen molar-refractivity contribution in [1.82, 2.24) is 15.6 Å². The molecule has 142 valence electrons. The van der Waals surface area contributed by atoms with Gasteiger partial charge in [0, 0.05) is 51.7 Å². The number of halogens is 1. The Labute approximate surface area is 167 Å². The summed E-state index contributed by atoms with van der Waals surface area (Å²) in [6, 6.07) is 4.06. The number of anilines is 1. The van der Waals surface area contributed by atoms with Crippen molar-refractivity contribution in [2.75, 3.05) is 58.0 Å². The lowest BCUT2D eigenvalue weighted by Gasteiger charge is -2.29. The second-order valence-corrected chi connectivity index (χ2v) is 5.55. The largest absolute Gasteiger partial charge is 0.385 e. The molecule has 2 rings (SSSR count). The molecule has 1 aromatic rings. The molecule has 1 aromatic heterocycles. The van der Waals surface area contributed by atoms with Crippen molar-refractivity contribution in [1.29, 1.82) is 0 Å². The zero-order valence-electron chi connectivity index (χ0n) is 15.2. The molecule has 2 N–H and O–H groups in total. The van der Waals surface area contributed by atoms with E-state index < -0.39 is 0 Å². The minimum atomic E-state index is 0. The van der Waals surface area contributed by atoms with Gasteiger partial charge in [-0.1, -0.05) is 6.07 Å². The molecular weight excluding hydrogens is 433 g/mol. The van der Waals surface area contributed by atoms with E-state index in [0.29, 0.717) is 6.54 Å². The normalized spacial score (nSPS) is 14.8. The molecule has 0 amide bonds. The first-order valence-electron chi connectivity index (χ1n) is 8.63. The van der Waals surface area contributed by atoms with Crippen molar-refractivity contribution >= 4 is 35.8 Å². The second kappa shape index (κ2) is 13.1. The molecule has 0 saturated carbocycles. The molecule has 2 heterocycles. The quantitative estimate of drug-likeness (QED) is 0.264. The van der Waals surface area contributed by atoms with Gasteiger partial charge in [-0.2, -0.15) is 0 Å². The van der Waals surface area contributed by atoms with E-state index in [9.17, 15) is 0 Å². The van der Waals surface area contributed by atoms with Gasteiger partial charge in [0.15, 0.2) is 5.96 Å². The van der Waals surface area contributed by atoms with Gasteiger partial charge in [-0.05, 0) is 19.4 Å². The number of nitrogens with zero attached hydrogens (tertiary/aromatic N) is 3. The third kappa shape index (κ3) is 7.74. The highest BCUT2D eigenvalue weighted by molar-refractivity contribution is 14.0. The molecule has 0 atom stereocenters. The van der Waals surface area contributed by atoms with Crippen LogP contribution < -0.4 is 15.5 Å². The fourth-order valence-electron chi connectivity index (χ4n) is 2.54. The van der Waals surface area contributed by atoms with Crippen molar-refractivity contribution in [2.45, 2.75) is 19.9 Å². The minimum Gasteiger partial charge on any atom is -0.385 e. The summed E-state index contributed by atoms with van der Waals surface area (Å²) in [5.41, 5.74) is 1.13. The molecule has 1 aliphatic heterocycles. The van der Waals surface area contributed by atoms with Crippen LogP contribution in [0.3, 0.4) is 0 Å². The summed E-state index contributed by atoms with van der Waals surface area (Å²) in [5, 5.41) is 6.60. The summed E-state index contributed by atoms with van der Waals surface area (Å²) < 4.78 is 10.5. The number of pyridine rings is 1. The van der Waals surface area contributed by atoms with Gasteiger partial charge in [0.25, 0.3) is 0 Å².